The Bertz CT molecular complexity index is 540. The van der Waals surface area contributed by atoms with Gasteiger partial charge in [-0.3, -0.25) is 4.79 Å². The van der Waals surface area contributed by atoms with Crippen molar-refractivity contribution in [3.05, 3.63) is 29.8 Å². The Hall–Kier alpha value is -1.50. The van der Waals surface area contributed by atoms with E-state index < -0.39 is 38.4 Å². The second kappa shape index (κ2) is 4.79. The van der Waals surface area contributed by atoms with E-state index in [1.807, 2.05) is 0 Å². The third kappa shape index (κ3) is 3.23. The molecule has 7 heteroatoms. The van der Waals surface area contributed by atoms with Gasteiger partial charge in [0.25, 0.3) is 10.0 Å². The maximum absolute atomic E-state index is 13.2. The van der Waals surface area contributed by atoms with E-state index in [0.717, 1.165) is 12.1 Å². The van der Waals surface area contributed by atoms with Gasteiger partial charge in [-0.2, -0.15) is 0 Å². The molecular formula is C10H11F2NO3S. The zero-order chi connectivity index (χ0) is 13.2. The minimum Gasteiger partial charge on any atom is -0.274 e. The molecule has 1 aromatic rings. The predicted octanol–water partition coefficient (Wildman–Crippen LogP) is 1.43. The largest absolute Gasteiger partial charge is 0.274 e. The summed E-state index contributed by atoms with van der Waals surface area (Å²) in [5.74, 6) is -3.45. The third-order valence-electron chi connectivity index (χ3n) is 1.94. The van der Waals surface area contributed by atoms with E-state index in [-0.39, 0.29) is 0 Å². The van der Waals surface area contributed by atoms with Gasteiger partial charge in [0.2, 0.25) is 5.91 Å². The van der Waals surface area contributed by atoms with Crippen LogP contribution in [0.4, 0.5) is 8.78 Å². The van der Waals surface area contributed by atoms with Crippen molar-refractivity contribution in [2.24, 2.45) is 5.92 Å². The molecule has 0 aliphatic rings. The van der Waals surface area contributed by atoms with Crippen LogP contribution in [0.5, 0.6) is 0 Å². The van der Waals surface area contributed by atoms with Gasteiger partial charge in [0, 0.05) is 12.0 Å². The summed E-state index contributed by atoms with van der Waals surface area (Å²) in [6, 6.07) is 2.01. The van der Waals surface area contributed by atoms with Crippen LogP contribution in [0.15, 0.2) is 23.1 Å². The van der Waals surface area contributed by atoms with E-state index in [4.69, 9.17) is 0 Å². The average molecular weight is 263 g/mol. The lowest BCUT2D eigenvalue weighted by molar-refractivity contribution is -0.122. The molecule has 0 unspecified atom stereocenters. The molecule has 1 aromatic carbocycles. The van der Waals surface area contributed by atoms with Crippen molar-refractivity contribution in [3.63, 3.8) is 0 Å². The number of hydrogen-bond donors (Lipinski definition) is 1. The summed E-state index contributed by atoms with van der Waals surface area (Å²) in [4.78, 5) is 10.5. The van der Waals surface area contributed by atoms with Gasteiger partial charge in [0.05, 0.1) is 0 Å². The summed E-state index contributed by atoms with van der Waals surface area (Å²) < 4.78 is 50.7. The maximum Gasteiger partial charge on any atom is 0.266 e. The fourth-order valence-corrected chi connectivity index (χ4v) is 2.17. The normalized spacial score (nSPS) is 11.6. The summed E-state index contributed by atoms with van der Waals surface area (Å²) in [6.07, 6.45) is 0. The van der Waals surface area contributed by atoms with E-state index in [9.17, 15) is 22.0 Å². The second-order valence-electron chi connectivity index (χ2n) is 3.70. The number of sulfonamides is 1. The highest BCUT2D eigenvalue weighted by Gasteiger charge is 2.23. The molecule has 1 amide bonds. The Labute approximate surface area is 97.7 Å². The van der Waals surface area contributed by atoms with Crippen LogP contribution < -0.4 is 4.72 Å². The number of amides is 1. The molecule has 0 heterocycles. The highest BCUT2D eigenvalue weighted by atomic mass is 32.2. The summed E-state index contributed by atoms with van der Waals surface area (Å²) in [7, 11) is -4.29. The number of carbonyl (C=O) groups is 1. The lowest BCUT2D eigenvalue weighted by atomic mass is 10.2. The first-order valence-corrected chi connectivity index (χ1v) is 6.24. The highest BCUT2D eigenvalue weighted by molar-refractivity contribution is 7.90. The number of benzene rings is 1. The number of hydrogen-bond acceptors (Lipinski definition) is 3. The minimum absolute atomic E-state index is 0.439. The van der Waals surface area contributed by atoms with Gasteiger partial charge in [-0.1, -0.05) is 13.8 Å². The molecule has 0 atom stereocenters. The minimum atomic E-state index is -4.29. The molecule has 4 nitrogen and oxygen atoms in total. The molecule has 0 aromatic heterocycles. The Balaban J connectivity index is 3.10. The van der Waals surface area contributed by atoms with E-state index in [2.05, 4.69) is 0 Å². The number of carbonyl (C=O) groups excluding carboxylic acids is 1. The summed E-state index contributed by atoms with van der Waals surface area (Å²) >= 11 is 0. The van der Waals surface area contributed by atoms with E-state index in [0.29, 0.717) is 6.07 Å². The average Bonchev–Trinajstić information content (AvgIpc) is 2.15. The molecule has 0 aliphatic heterocycles. The smallest absolute Gasteiger partial charge is 0.266 e. The maximum atomic E-state index is 13.2. The molecule has 1 N–H and O–H groups in total. The zero-order valence-corrected chi connectivity index (χ0v) is 10.0. The highest BCUT2D eigenvalue weighted by Crippen LogP contribution is 2.15. The van der Waals surface area contributed by atoms with Crippen LogP contribution in [0.2, 0.25) is 0 Å². The van der Waals surface area contributed by atoms with E-state index >= 15 is 0 Å². The van der Waals surface area contributed by atoms with Gasteiger partial charge in [0.15, 0.2) is 0 Å². The van der Waals surface area contributed by atoms with Crippen molar-refractivity contribution >= 4 is 15.9 Å². The lowest BCUT2D eigenvalue weighted by Crippen LogP contribution is -2.34. The Morgan fingerprint density at radius 2 is 1.88 bits per heavy atom. The molecule has 0 saturated carbocycles. The van der Waals surface area contributed by atoms with Crippen molar-refractivity contribution < 1.29 is 22.0 Å². The Morgan fingerprint density at radius 1 is 1.29 bits per heavy atom. The van der Waals surface area contributed by atoms with Crippen LogP contribution in [0.25, 0.3) is 0 Å². The molecular weight excluding hydrogens is 252 g/mol. The van der Waals surface area contributed by atoms with Crippen molar-refractivity contribution in [1.29, 1.82) is 0 Å². The molecule has 0 saturated heterocycles. The fourth-order valence-electron chi connectivity index (χ4n) is 0.998. The van der Waals surface area contributed by atoms with Crippen LogP contribution in [0, 0.1) is 17.6 Å². The second-order valence-corrected chi connectivity index (χ2v) is 5.35. The molecule has 0 fully saturated rings. The van der Waals surface area contributed by atoms with E-state index in [1.54, 1.807) is 4.72 Å². The first-order valence-electron chi connectivity index (χ1n) is 4.76. The zero-order valence-electron chi connectivity index (χ0n) is 9.20. The topological polar surface area (TPSA) is 63.2 Å². The molecule has 17 heavy (non-hydrogen) atoms. The summed E-state index contributed by atoms with van der Waals surface area (Å²) in [5.41, 5.74) is 0. The molecule has 0 radical (unpaired) electrons. The van der Waals surface area contributed by atoms with E-state index in [1.165, 1.54) is 13.8 Å². The number of halogens is 2. The van der Waals surface area contributed by atoms with Crippen LogP contribution in [-0.2, 0) is 14.8 Å². The van der Waals surface area contributed by atoms with Crippen LogP contribution in [0.1, 0.15) is 13.8 Å². The van der Waals surface area contributed by atoms with Crippen molar-refractivity contribution in [1.82, 2.24) is 4.72 Å². The molecule has 1 rings (SSSR count). The number of rotatable bonds is 3. The lowest BCUT2D eigenvalue weighted by Gasteiger charge is -2.09. The first kappa shape index (κ1) is 13.6. The van der Waals surface area contributed by atoms with Gasteiger partial charge in [-0.05, 0) is 12.1 Å². The van der Waals surface area contributed by atoms with Crippen LogP contribution >= 0.6 is 0 Å². The molecule has 94 valence electrons. The molecule has 0 bridgehead atoms. The van der Waals surface area contributed by atoms with Gasteiger partial charge in [-0.15, -0.1) is 0 Å². The molecule has 0 aliphatic carbocycles. The monoisotopic (exact) mass is 263 g/mol. The Morgan fingerprint density at radius 3 is 2.35 bits per heavy atom. The summed E-state index contributed by atoms with van der Waals surface area (Å²) in [6.45, 7) is 2.98. The van der Waals surface area contributed by atoms with Crippen LogP contribution in [0.3, 0.4) is 0 Å². The van der Waals surface area contributed by atoms with Crippen molar-refractivity contribution in [2.45, 2.75) is 18.7 Å². The SMILES string of the molecule is CC(C)C(=O)NS(=O)(=O)c1ccc(F)cc1F. The third-order valence-corrected chi connectivity index (χ3v) is 3.32. The summed E-state index contributed by atoms with van der Waals surface area (Å²) in [5, 5.41) is 0. The predicted molar refractivity (Wildman–Crippen MR) is 56.5 cm³/mol. The van der Waals surface area contributed by atoms with Gasteiger partial charge < -0.3 is 0 Å². The number of nitrogens with one attached hydrogen (secondary N) is 1. The van der Waals surface area contributed by atoms with Crippen LogP contribution in [-0.4, -0.2) is 14.3 Å². The van der Waals surface area contributed by atoms with Gasteiger partial charge in [-0.25, -0.2) is 21.9 Å². The fraction of sp³-hybridized carbons (Fsp3) is 0.300. The van der Waals surface area contributed by atoms with Gasteiger partial charge >= 0.3 is 0 Å². The Kier molecular flexibility index (Phi) is 3.82. The standard InChI is InChI=1S/C10H11F2NO3S/c1-6(2)10(14)13-17(15,16)9-4-3-7(11)5-8(9)12/h3-6H,1-2H3,(H,13,14). The van der Waals surface area contributed by atoms with Gasteiger partial charge in [0.1, 0.15) is 16.5 Å². The first-order chi connectivity index (χ1) is 7.74. The van der Waals surface area contributed by atoms with Crippen molar-refractivity contribution in [3.8, 4) is 0 Å². The molecule has 0 spiro atoms. The quantitative estimate of drug-likeness (QED) is 0.897. The van der Waals surface area contributed by atoms with Crippen molar-refractivity contribution in [2.75, 3.05) is 0 Å².